The summed E-state index contributed by atoms with van der Waals surface area (Å²) >= 11 is 1.43. The lowest BCUT2D eigenvalue weighted by Crippen LogP contribution is -2.46. The minimum atomic E-state index is -3.02. The molecule has 6 nitrogen and oxygen atoms in total. The van der Waals surface area contributed by atoms with Crippen molar-refractivity contribution < 1.29 is 13.2 Å². The Kier molecular flexibility index (Phi) is 4.94. The predicted octanol–water partition coefficient (Wildman–Crippen LogP) is 2.71. The maximum Gasteiger partial charge on any atom is 0.248 e. The molecule has 1 aromatic heterocycles. The van der Waals surface area contributed by atoms with E-state index < -0.39 is 15.9 Å². The summed E-state index contributed by atoms with van der Waals surface area (Å²) in [6.45, 7) is 0.685. The molecule has 1 aliphatic rings. The number of rotatable bonds is 4. The lowest BCUT2D eigenvalue weighted by atomic mass is 10.0. The lowest BCUT2D eigenvalue weighted by Gasteiger charge is -2.33. The fourth-order valence-electron chi connectivity index (χ4n) is 3.25. The Balaban J connectivity index is 1.60. The van der Waals surface area contributed by atoms with Gasteiger partial charge in [0.05, 0.1) is 21.7 Å². The van der Waals surface area contributed by atoms with Gasteiger partial charge in [0.2, 0.25) is 5.91 Å². The third-order valence-electron chi connectivity index (χ3n) is 4.63. The molecule has 0 bridgehead atoms. The van der Waals surface area contributed by atoms with Gasteiger partial charge in [-0.2, -0.15) is 0 Å². The van der Waals surface area contributed by atoms with Crippen LogP contribution in [0.2, 0.25) is 0 Å². The Morgan fingerprint density at radius 1 is 1.04 bits per heavy atom. The average molecular weight is 402 g/mol. The maximum atomic E-state index is 13.1. The summed E-state index contributed by atoms with van der Waals surface area (Å²) in [4.78, 5) is 19.5. The van der Waals surface area contributed by atoms with Crippen LogP contribution in [0.15, 0.2) is 54.6 Å². The van der Waals surface area contributed by atoms with E-state index in [9.17, 15) is 13.2 Å². The van der Waals surface area contributed by atoms with Gasteiger partial charge in [-0.3, -0.25) is 9.69 Å². The van der Waals surface area contributed by atoms with Crippen LogP contribution in [0.3, 0.4) is 0 Å². The zero-order valence-electron chi connectivity index (χ0n) is 14.5. The van der Waals surface area contributed by atoms with E-state index in [0.717, 1.165) is 15.8 Å². The van der Waals surface area contributed by atoms with Crippen LogP contribution in [0.25, 0.3) is 10.2 Å². The van der Waals surface area contributed by atoms with Crippen LogP contribution in [0.5, 0.6) is 0 Å². The second kappa shape index (κ2) is 7.38. The Morgan fingerprint density at radius 3 is 2.41 bits per heavy atom. The van der Waals surface area contributed by atoms with Crippen molar-refractivity contribution in [1.29, 1.82) is 0 Å². The second-order valence-electron chi connectivity index (χ2n) is 6.48. The van der Waals surface area contributed by atoms with Gasteiger partial charge in [-0.15, -0.1) is 0 Å². The topological polar surface area (TPSA) is 79.4 Å². The first kappa shape index (κ1) is 18.1. The molecule has 0 saturated carbocycles. The van der Waals surface area contributed by atoms with E-state index in [1.807, 2.05) is 59.5 Å². The number of amides is 1. The number of nitrogens with zero attached hydrogens (tertiary/aromatic N) is 2. The monoisotopic (exact) mass is 401 g/mol. The molecule has 2 heterocycles. The molecule has 27 heavy (non-hydrogen) atoms. The van der Waals surface area contributed by atoms with Gasteiger partial charge in [-0.05, 0) is 17.7 Å². The van der Waals surface area contributed by atoms with Crippen molar-refractivity contribution in [2.24, 2.45) is 0 Å². The molecule has 3 aromatic rings. The van der Waals surface area contributed by atoms with E-state index >= 15 is 0 Å². The Bertz CT molecular complexity index is 1020. The van der Waals surface area contributed by atoms with E-state index in [1.54, 1.807) is 0 Å². The SMILES string of the molecule is O=C(Nc1nc2ccccc2s1)C(c1ccccc1)N1CCS(=O)(=O)CC1. The van der Waals surface area contributed by atoms with E-state index in [-0.39, 0.29) is 17.4 Å². The zero-order chi connectivity index (χ0) is 18.9. The van der Waals surface area contributed by atoms with E-state index in [2.05, 4.69) is 10.3 Å². The number of nitrogens with one attached hydrogen (secondary N) is 1. The Morgan fingerprint density at radius 2 is 1.70 bits per heavy atom. The summed E-state index contributed by atoms with van der Waals surface area (Å²) < 4.78 is 24.6. The molecule has 1 fully saturated rings. The highest BCUT2D eigenvalue weighted by atomic mass is 32.2. The third-order valence-corrected chi connectivity index (χ3v) is 7.19. The van der Waals surface area contributed by atoms with Crippen molar-refractivity contribution in [3.05, 3.63) is 60.2 Å². The molecule has 0 aliphatic carbocycles. The van der Waals surface area contributed by atoms with Crippen molar-refractivity contribution in [2.45, 2.75) is 6.04 Å². The smallest absolute Gasteiger partial charge is 0.248 e. The lowest BCUT2D eigenvalue weighted by molar-refractivity contribution is -0.121. The van der Waals surface area contributed by atoms with Crippen LogP contribution < -0.4 is 5.32 Å². The van der Waals surface area contributed by atoms with Crippen molar-refractivity contribution >= 4 is 42.4 Å². The molecule has 140 valence electrons. The van der Waals surface area contributed by atoms with Gasteiger partial charge in [0, 0.05) is 13.1 Å². The number of benzene rings is 2. The molecule has 0 spiro atoms. The summed E-state index contributed by atoms with van der Waals surface area (Å²) in [6.07, 6.45) is 0. The minimum absolute atomic E-state index is 0.0742. The molecule has 1 unspecified atom stereocenters. The van der Waals surface area contributed by atoms with Gasteiger partial charge >= 0.3 is 0 Å². The quantitative estimate of drug-likeness (QED) is 0.727. The highest BCUT2D eigenvalue weighted by Gasteiger charge is 2.32. The molecule has 1 amide bonds. The van der Waals surface area contributed by atoms with Crippen LogP contribution in [0, 0.1) is 0 Å². The van der Waals surface area contributed by atoms with E-state index in [0.29, 0.717) is 18.2 Å². The third kappa shape index (κ3) is 4.02. The first-order valence-corrected chi connectivity index (χ1v) is 11.3. The van der Waals surface area contributed by atoms with E-state index in [4.69, 9.17) is 0 Å². The molecular weight excluding hydrogens is 382 g/mol. The first-order valence-electron chi connectivity index (χ1n) is 8.68. The van der Waals surface area contributed by atoms with Gasteiger partial charge < -0.3 is 5.32 Å². The predicted molar refractivity (Wildman–Crippen MR) is 108 cm³/mol. The largest absolute Gasteiger partial charge is 0.300 e. The van der Waals surface area contributed by atoms with Gasteiger partial charge in [0.25, 0.3) is 0 Å². The van der Waals surface area contributed by atoms with Crippen LogP contribution in [0.1, 0.15) is 11.6 Å². The number of carbonyl (C=O) groups is 1. The molecule has 0 radical (unpaired) electrons. The number of fused-ring (bicyclic) bond motifs is 1. The van der Waals surface area contributed by atoms with Crippen LogP contribution in [-0.4, -0.2) is 48.8 Å². The minimum Gasteiger partial charge on any atom is -0.300 e. The number of anilines is 1. The highest BCUT2D eigenvalue weighted by Crippen LogP contribution is 2.28. The number of hydrogen-bond acceptors (Lipinski definition) is 6. The van der Waals surface area contributed by atoms with Crippen LogP contribution in [0.4, 0.5) is 5.13 Å². The first-order chi connectivity index (χ1) is 13.0. The standard InChI is InChI=1S/C19H19N3O3S2/c23-18(21-19-20-15-8-4-5-9-16(15)26-19)17(14-6-2-1-3-7-14)22-10-12-27(24,25)13-11-22/h1-9,17H,10-13H2,(H,20,21,23). The summed E-state index contributed by atoms with van der Waals surface area (Å²) in [7, 11) is -3.02. The van der Waals surface area contributed by atoms with Crippen molar-refractivity contribution in [2.75, 3.05) is 29.9 Å². The number of thiazole rings is 1. The molecular formula is C19H19N3O3S2. The fourth-order valence-corrected chi connectivity index (χ4v) is 5.35. The summed E-state index contributed by atoms with van der Waals surface area (Å²) in [5.41, 5.74) is 1.69. The molecule has 4 rings (SSSR count). The second-order valence-corrected chi connectivity index (χ2v) is 9.81. The van der Waals surface area contributed by atoms with Gasteiger partial charge in [0.1, 0.15) is 6.04 Å². The normalized spacial score (nSPS) is 18.2. The van der Waals surface area contributed by atoms with Gasteiger partial charge in [0.15, 0.2) is 15.0 Å². The summed E-state index contributed by atoms with van der Waals surface area (Å²) in [6, 6.07) is 16.6. The van der Waals surface area contributed by atoms with Crippen molar-refractivity contribution in [3.8, 4) is 0 Å². The van der Waals surface area contributed by atoms with Crippen molar-refractivity contribution in [3.63, 3.8) is 0 Å². The average Bonchev–Trinajstić information content (AvgIpc) is 3.06. The van der Waals surface area contributed by atoms with Crippen LogP contribution >= 0.6 is 11.3 Å². The summed E-state index contributed by atoms with van der Waals surface area (Å²) in [5, 5.41) is 3.47. The molecule has 1 aliphatic heterocycles. The molecule has 2 aromatic carbocycles. The number of sulfone groups is 1. The fraction of sp³-hybridized carbons (Fsp3) is 0.263. The number of aromatic nitrogens is 1. The number of carbonyl (C=O) groups excluding carboxylic acids is 1. The number of para-hydroxylation sites is 1. The zero-order valence-corrected chi connectivity index (χ0v) is 16.2. The molecule has 1 N–H and O–H groups in total. The van der Waals surface area contributed by atoms with Crippen LogP contribution in [-0.2, 0) is 14.6 Å². The summed E-state index contributed by atoms with van der Waals surface area (Å²) in [5.74, 6) is -0.0465. The molecule has 8 heteroatoms. The van der Waals surface area contributed by atoms with E-state index in [1.165, 1.54) is 11.3 Å². The molecule has 1 atom stereocenters. The maximum absolute atomic E-state index is 13.1. The molecule has 1 saturated heterocycles. The number of hydrogen-bond donors (Lipinski definition) is 1. The van der Waals surface area contributed by atoms with Gasteiger partial charge in [-0.25, -0.2) is 13.4 Å². The van der Waals surface area contributed by atoms with Gasteiger partial charge in [-0.1, -0.05) is 53.8 Å². The highest BCUT2D eigenvalue weighted by molar-refractivity contribution is 7.91. The van der Waals surface area contributed by atoms with Crippen molar-refractivity contribution in [1.82, 2.24) is 9.88 Å². The Labute approximate surface area is 161 Å². The Hall–Kier alpha value is -2.29.